The van der Waals surface area contributed by atoms with Crippen LogP contribution in [0.25, 0.3) is 11.4 Å². The number of hydrogen-bond donors (Lipinski definition) is 1. The Bertz CT molecular complexity index is 1120. The number of aromatic nitrogens is 2. The summed E-state index contributed by atoms with van der Waals surface area (Å²) < 4.78 is 10.7. The Morgan fingerprint density at radius 3 is 2.54 bits per heavy atom. The summed E-state index contributed by atoms with van der Waals surface area (Å²) in [7, 11) is 1.64. The number of amides is 1. The first-order chi connectivity index (χ1) is 16.7. The molecule has 186 valence electrons. The largest absolute Gasteiger partial charge is 0.497 e. The van der Waals surface area contributed by atoms with Gasteiger partial charge in [-0.1, -0.05) is 50.2 Å². The molecule has 0 spiro atoms. The monoisotopic (exact) mass is 476 g/mol. The maximum atomic E-state index is 13.0. The Kier molecular flexibility index (Phi) is 7.55. The fourth-order valence-corrected chi connectivity index (χ4v) is 4.47. The second kappa shape index (κ2) is 10.6. The Morgan fingerprint density at radius 1 is 1.17 bits per heavy atom. The normalized spacial score (nSPS) is 17.7. The van der Waals surface area contributed by atoms with Crippen molar-refractivity contribution in [3.05, 3.63) is 65.5 Å². The third-order valence-corrected chi connectivity index (χ3v) is 6.69. The minimum Gasteiger partial charge on any atom is -0.497 e. The predicted molar refractivity (Wildman–Crippen MR) is 136 cm³/mol. The van der Waals surface area contributed by atoms with Gasteiger partial charge >= 0.3 is 0 Å². The fraction of sp³-hybridized carbons (Fsp3) is 0.464. The Balaban J connectivity index is 1.32. The van der Waals surface area contributed by atoms with Crippen molar-refractivity contribution < 1.29 is 14.1 Å². The van der Waals surface area contributed by atoms with Crippen LogP contribution in [0.4, 0.5) is 0 Å². The van der Waals surface area contributed by atoms with Gasteiger partial charge in [-0.25, -0.2) is 0 Å². The number of likely N-dealkylation sites (tertiary alicyclic amines) is 1. The number of carbonyl (C=O) groups is 1. The number of piperidine rings is 1. The van der Waals surface area contributed by atoms with Crippen molar-refractivity contribution in [2.45, 2.75) is 58.5 Å². The van der Waals surface area contributed by atoms with Gasteiger partial charge in [-0.3, -0.25) is 9.69 Å². The van der Waals surface area contributed by atoms with Crippen LogP contribution in [0, 0.1) is 5.92 Å². The smallest absolute Gasteiger partial charge is 0.241 e. The van der Waals surface area contributed by atoms with E-state index in [4.69, 9.17) is 9.26 Å². The lowest BCUT2D eigenvalue weighted by molar-refractivity contribution is -0.127. The second-order valence-corrected chi connectivity index (χ2v) is 10.4. The maximum absolute atomic E-state index is 13.0. The summed E-state index contributed by atoms with van der Waals surface area (Å²) in [6.45, 7) is 10.8. The zero-order valence-corrected chi connectivity index (χ0v) is 21.4. The molecular formula is C28H36N4O3. The summed E-state index contributed by atoms with van der Waals surface area (Å²) in [6, 6.07) is 16.1. The summed E-state index contributed by atoms with van der Waals surface area (Å²) in [4.78, 5) is 19.8. The summed E-state index contributed by atoms with van der Waals surface area (Å²) in [6.07, 6.45) is 1.85. The molecule has 1 saturated heterocycles. The molecule has 0 bridgehead atoms. The van der Waals surface area contributed by atoms with E-state index in [9.17, 15) is 4.79 Å². The first-order valence-corrected chi connectivity index (χ1v) is 12.3. The first kappa shape index (κ1) is 24.9. The minimum atomic E-state index is -0.0518. The van der Waals surface area contributed by atoms with Crippen molar-refractivity contribution >= 4 is 5.91 Å². The van der Waals surface area contributed by atoms with Gasteiger partial charge in [0.15, 0.2) is 0 Å². The molecule has 1 aliphatic rings. The molecule has 4 rings (SSSR count). The average molecular weight is 477 g/mol. The molecule has 2 atom stereocenters. The number of methoxy groups -OCH3 is 1. The number of ether oxygens (including phenoxy) is 1. The van der Waals surface area contributed by atoms with Gasteiger partial charge in [0.2, 0.25) is 17.6 Å². The van der Waals surface area contributed by atoms with Gasteiger partial charge in [-0.05, 0) is 67.1 Å². The molecule has 0 aliphatic carbocycles. The van der Waals surface area contributed by atoms with Gasteiger partial charge in [-0.15, -0.1) is 0 Å². The standard InChI is InChI=1S/C28H36N4O3/c1-19(20-8-12-23(13-9-20)28(2,3)4)29-27(33)22-7-6-16-32(17-22)18-25-30-26(31-35-25)21-10-14-24(34-5)15-11-21/h8-15,19,22H,6-7,16-18H2,1-5H3,(H,29,33). The van der Waals surface area contributed by atoms with Crippen LogP contribution in [0.2, 0.25) is 0 Å². The topological polar surface area (TPSA) is 80.5 Å². The van der Waals surface area contributed by atoms with Crippen molar-refractivity contribution in [3.63, 3.8) is 0 Å². The lowest BCUT2D eigenvalue weighted by Gasteiger charge is -2.31. The third-order valence-electron chi connectivity index (χ3n) is 6.69. The Labute approximate surface area is 207 Å². The lowest BCUT2D eigenvalue weighted by atomic mass is 9.86. The van der Waals surface area contributed by atoms with E-state index in [1.807, 2.05) is 31.2 Å². The number of carbonyl (C=O) groups excluding carboxylic acids is 1. The first-order valence-electron chi connectivity index (χ1n) is 12.3. The van der Waals surface area contributed by atoms with Crippen LogP contribution in [0.3, 0.4) is 0 Å². The molecule has 7 heteroatoms. The van der Waals surface area contributed by atoms with E-state index >= 15 is 0 Å². The van der Waals surface area contributed by atoms with Crippen LogP contribution in [0.1, 0.15) is 63.6 Å². The van der Waals surface area contributed by atoms with E-state index in [1.54, 1.807) is 7.11 Å². The molecule has 7 nitrogen and oxygen atoms in total. The number of nitrogens with one attached hydrogen (secondary N) is 1. The van der Waals surface area contributed by atoms with E-state index in [-0.39, 0.29) is 23.3 Å². The van der Waals surface area contributed by atoms with Crippen molar-refractivity contribution in [2.75, 3.05) is 20.2 Å². The quantitative estimate of drug-likeness (QED) is 0.509. The highest BCUT2D eigenvalue weighted by atomic mass is 16.5. The highest BCUT2D eigenvalue weighted by molar-refractivity contribution is 5.79. The van der Waals surface area contributed by atoms with Gasteiger partial charge in [-0.2, -0.15) is 4.98 Å². The summed E-state index contributed by atoms with van der Waals surface area (Å²) in [5, 5.41) is 7.34. The van der Waals surface area contributed by atoms with E-state index in [1.165, 1.54) is 5.56 Å². The van der Waals surface area contributed by atoms with Crippen LogP contribution >= 0.6 is 0 Å². The second-order valence-electron chi connectivity index (χ2n) is 10.4. The van der Waals surface area contributed by atoms with Crippen LogP contribution in [-0.2, 0) is 16.8 Å². The molecule has 2 heterocycles. The molecule has 35 heavy (non-hydrogen) atoms. The molecule has 1 aliphatic heterocycles. The van der Waals surface area contributed by atoms with Gasteiger partial charge in [0.05, 0.1) is 25.6 Å². The van der Waals surface area contributed by atoms with E-state index in [2.05, 4.69) is 65.4 Å². The predicted octanol–water partition coefficient (Wildman–Crippen LogP) is 5.13. The lowest BCUT2D eigenvalue weighted by Crippen LogP contribution is -2.43. The summed E-state index contributed by atoms with van der Waals surface area (Å²) in [5.74, 6) is 1.95. The molecule has 2 aromatic carbocycles. The van der Waals surface area contributed by atoms with Gasteiger partial charge < -0.3 is 14.6 Å². The molecule has 2 unspecified atom stereocenters. The fourth-order valence-electron chi connectivity index (χ4n) is 4.47. The van der Waals surface area contributed by atoms with E-state index in [0.29, 0.717) is 24.8 Å². The Morgan fingerprint density at radius 2 is 1.89 bits per heavy atom. The SMILES string of the molecule is COc1ccc(-c2noc(CN3CCCC(C(=O)NC(C)c4ccc(C(C)(C)C)cc4)C3)n2)cc1. The molecule has 0 radical (unpaired) electrons. The highest BCUT2D eigenvalue weighted by Crippen LogP contribution is 2.25. The Hall–Kier alpha value is -3.19. The van der Waals surface area contributed by atoms with Crippen molar-refractivity contribution in [1.29, 1.82) is 0 Å². The molecule has 1 N–H and O–H groups in total. The molecular weight excluding hydrogens is 440 g/mol. The summed E-state index contributed by atoms with van der Waals surface area (Å²) in [5.41, 5.74) is 3.40. The molecule has 3 aromatic rings. The minimum absolute atomic E-state index is 0.0325. The molecule has 0 saturated carbocycles. The third kappa shape index (κ3) is 6.28. The van der Waals surface area contributed by atoms with E-state index in [0.717, 1.165) is 36.3 Å². The number of nitrogens with zero attached hydrogens (tertiary/aromatic N) is 3. The number of rotatable bonds is 7. The molecule has 1 aromatic heterocycles. The number of hydrogen-bond acceptors (Lipinski definition) is 6. The zero-order chi connectivity index (χ0) is 25.0. The highest BCUT2D eigenvalue weighted by Gasteiger charge is 2.28. The summed E-state index contributed by atoms with van der Waals surface area (Å²) >= 11 is 0. The van der Waals surface area contributed by atoms with Crippen molar-refractivity contribution in [2.24, 2.45) is 5.92 Å². The van der Waals surface area contributed by atoms with Crippen LogP contribution < -0.4 is 10.1 Å². The van der Waals surface area contributed by atoms with Crippen LogP contribution in [-0.4, -0.2) is 41.1 Å². The van der Waals surface area contributed by atoms with Crippen LogP contribution in [0.5, 0.6) is 5.75 Å². The molecule has 1 fully saturated rings. The van der Waals surface area contributed by atoms with Crippen molar-refractivity contribution in [1.82, 2.24) is 20.4 Å². The van der Waals surface area contributed by atoms with Crippen molar-refractivity contribution in [3.8, 4) is 17.1 Å². The van der Waals surface area contributed by atoms with Crippen LogP contribution in [0.15, 0.2) is 53.1 Å². The van der Waals surface area contributed by atoms with Gasteiger partial charge in [0.25, 0.3) is 0 Å². The van der Waals surface area contributed by atoms with Gasteiger partial charge in [0.1, 0.15) is 5.75 Å². The van der Waals surface area contributed by atoms with E-state index < -0.39 is 0 Å². The maximum Gasteiger partial charge on any atom is 0.241 e. The number of benzene rings is 2. The average Bonchev–Trinajstić information content (AvgIpc) is 3.32. The zero-order valence-electron chi connectivity index (χ0n) is 21.4. The molecule has 1 amide bonds. The van der Waals surface area contributed by atoms with Gasteiger partial charge in [0, 0.05) is 12.1 Å².